The van der Waals surface area contributed by atoms with Crippen molar-refractivity contribution in [3.8, 4) is 11.6 Å². The van der Waals surface area contributed by atoms with Crippen molar-refractivity contribution >= 4 is 35.2 Å². The van der Waals surface area contributed by atoms with Gasteiger partial charge >= 0.3 is 24.4 Å². The molecule has 1 aromatic heterocycles. The molecule has 3 aromatic rings. The first-order valence-electron chi connectivity index (χ1n) is 11.9. The zero-order chi connectivity index (χ0) is 31.6. The molecule has 0 radical (unpaired) electrons. The zero-order valence-corrected chi connectivity index (χ0v) is 22.1. The van der Waals surface area contributed by atoms with Gasteiger partial charge < -0.3 is 15.6 Å². The molecule has 0 unspecified atom stereocenters. The second-order valence-electron chi connectivity index (χ2n) is 9.14. The van der Waals surface area contributed by atoms with Gasteiger partial charge in [0.05, 0.1) is 11.3 Å². The number of carboxylic acid groups (broad SMARTS) is 1. The summed E-state index contributed by atoms with van der Waals surface area (Å²) in [5.41, 5.74) is 6.37. The number of hydrogen-bond donors (Lipinski definition) is 2. The van der Waals surface area contributed by atoms with E-state index < -0.39 is 35.8 Å². The number of amides is 3. The number of halogens is 6. The maximum absolute atomic E-state index is 13.1. The Labute approximate surface area is 234 Å². The van der Waals surface area contributed by atoms with E-state index in [0.717, 1.165) is 27.5 Å². The van der Waals surface area contributed by atoms with Crippen molar-refractivity contribution in [2.24, 2.45) is 0 Å². The number of anilines is 3. The molecule has 0 atom stereocenters. The predicted molar refractivity (Wildman–Crippen MR) is 137 cm³/mol. The number of imide groups is 1. The van der Waals surface area contributed by atoms with E-state index >= 15 is 0 Å². The number of carbonyl (C=O) groups excluding carboxylic acids is 2. The Morgan fingerprint density at radius 1 is 1.07 bits per heavy atom. The Hall–Kier alpha value is -4.89. The van der Waals surface area contributed by atoms with E-state index in [4.69, 9.17) is 20.4 Å². The van der Waals surface area contributed by atoms with Gasteiger partial charge in [0.1, 0.15) is 12.3 Å². The van der Waals surface area contributed by atoms with Gasteiger partial charge in [-0.1, -0.05) is 19.9 Å². The van der Waals surface area contributed by atoms with Gasteiger partial charge in [0.2, 0.25) is 11.8 Å². The molecule has 2 heterocycles. The highest BCUT2D eigenvalue weighted by atomic mass is 19.4. The number of ether oxygens (including phenoxy) is 1. The van der Waals surface area contributed by atoms with Crippen LogP contribution in [0.1, 0.15) is 36.5 Å². The van der Waals surface area contributed by atoms with E-state index in [2.05, 4.69) is 9.97 Å². The molecule has 10 nitrogen and oxygen atoms in total. The standard InChI is InChI=1S/C24H22F3N5O3.C2HF3O2/c1-13(2)18-11-29-22(28)30-21(18)35-17-7-8-19(14(3)9-17)32-20(33)12-31(23(32)34)16-6-4-5-15(10-16)24(25,26)27;3-2(4,5)1(6)7/h4-11,13H,12H2,1-3H3,(H2,28,29,30);(H,6,7). The number of carboxylic acids is 1. The van der Waals surface area contributed by atoms with Crippen LogP contribution in [0.2, 0.25) is 0 Å². The molecule has 3 amide bonds. The van der Waals surface area contributed by atoms with Crippen LogP contribution in [0.25, 0.3) is 0 Å². The number of hydrogen-bond acceptors (Lipinski definition) is 7. The van der Waals surface area contributed by atoms with Crippen LogP contribution in [0.15, 0.2) is 48.7 Å². The number of benzene rings is 2. The molecule has 0 spiro atoms. The van der Waals surface area contributed by atoms with Crippen molar-refractivity contribution in [2.45, 2.75) is 39.0 Å². The van der Waals surface area contributed by atoms with Crippen molar-refractivity contribution in [3.63, 3.8) is 0 Å². The van der Waals surface area contributed by atoms with Crippen LogP contribution in [0.3, 0.4) is 0 Å². The van der Waals surface area contributed by atoms with Crippen molar-refractivity contribution in [3.05, 3.63) is 65.4 Å². The molecule has 0 bridgehead atoms. The number of urea groups is 1. The van der Waals surface area contributed by atoms with Crippen molar-refractivity contribution in [1.82, 2.24) is 9.97 Å². The fourth-order valence-corrected chi connectivity index (χ4v) is 3.71. The lowest BCUT2D eigenvalue weighted by Crippen LogP contribution is -2.33. The number of rotatable bonds is 5. The van der Waals surface area contributed by atoms with Gasteiger partial charge in [-0.3, -0.25) is 9.69 Å². The van der Waals surface area contributed by atoms with Crippen LogP contribution in [0, 0.1) is 6.92 Å². The molecule has 4 rings (SSSR count). The second kappa shape index (κ2) is 11.9. The molecule has 3 N–H and O–H groups in total. The molecule has 42 heavy (non-hydrogen) atoms. The molecule has 224 valence electrons. The number of carbonyl (C=O) groups is 3. The lowest BCUT2D eigenvalue weighted by atomic mass is 10.1. The SMILES string of the molecule is Cc1cc(Oc2nc(N)ncc2C(C)C)ccc1N1C(=O)CN(c2cccc(C(F)(F)F)c2)C1=O.O=C(O)C(F)(F)F. The maximum atomic E-state index is 13.1. The molecule has 1 aliphatic heterocycles. The molecular weight excluding hydrogens is 576 g/mol. The highest BCUT2D eigenvalue weighted by Gasteiger charge is 2.40. The monoisotopic (exact) mass is 599 g/mol. The highest BCUT2D eigenvalue weighted by molar-refractivity contribution is 6.27. The molecule has 0 saturated carbocycles. The fourth-order valence-electron chi connectivity index (χ4n) is 3.71. The summed E-state index contributed by atoms with van der Waals surface area (Å²) in [6.07, 6.45) is -8.06. The summed E-state index contributed by atoms with van der Waals surface area (Å²) in [6.45, 7) is 5.22. The minimum absolute atomic E-state index is 0.0131. The second-order valence-corrected chi connectivity index (χ2v) is 9.14. The Kier molecular flexibility index (Phi) is 8.98. The van der Waals surface area contributed by atoms with Crippen molar-refractivity contribution in [2.75, 3.05) is 22.1 Å². The predicted octanol–water partition coefficient (Wildman–Crippen LogP) is 5.91. The summed E-state index contributed by atoms with van der Waals surface area (Å²) in [7, 11) is 0. The largest absolute Gasteiger partial charge is 0.490 e. The summed E-state index contributed by atoms with van der Waals surface area (Å²) in [5, 5.41) is 7.12. The molecular formula is C26H23F6N5O5. The van der Waals surface area contributed by atoms with Crippen LogP contribution in [0.4, 0.5) is 48.5 Å². The first-order chi connectivity index (χ1) is 19.4. The Morgan fingerprint density at radius 2 is 1.71 bits per heavy atom. The van der Waals surface area contributed by atoms with Gasteiger partial charge in [-0.25, -0.2) is 19.5 Å². The Morgan fingerprint density at radius 3 is 2.26 bits per heavy atom. The van der Waals surface area contributed by atoms with Gasteiger partial charge in [0.25, 0.3) is 5.91 Å². The molecule has 1 fully saturated rings. The average molecular weight is 599 g/mol. The van der Waals surface area contributed by atoms with E-state index in [-0.39, 0.29) is 24.1 Å². The minimum Gasteiger partial charge on any atom is -0.475 e. The van der Waals surface area contributed by atoms with E-state index in [1.165, 1.54) is 18.2 Å². The fraction of sp³-hybridized carbons (Fsp3) is 0.269. The van der Waals surface area contributed by atoms with Crippen molar-refractivity contribution in [1.29, 1.82) is 0 Å². The highest BCUT2D eigenvalue weighted by Crippen LogP contribution is 2.36. The first-order valence-corrected chi connectivity index (χ1v) is 11.9. The third-order valence-electron chi connectivity index (χ3n) is 5.74. The summed E-state index contributed by atoms with van der Waals surface area (Å²) < 4.78 is 76.9. The van der Waals surface area contributed by atoms with E-state index in [1.807, 2.05) is 13.8 Å². The molecule has 1 saturated heterocycles. The number of alkyl halides is 6. The molecule has 2 aromatic carbocycles. The molecule has 16 heteroatoms. The van der Waals surface area contributed by atoms with E-state index in [0.29, 0.717) is 22.9 Å². The average Bonchev–Trinajstić information content (AvgIpc) is 3.17. The molecule has 0 aliphatic carbocycles. The quantitative estimate of drug-likeness (QED) is 0.273. The van der Waals surface area contributed by atoms with Gasteiger partial charge in [-0.05, 0) is 54.8 Å². The number of aryl methyl sites for hydroxylation is 1. The van der Waals surface area contributed by atoms with Crippen LogP contribution >= 0.6 is 0 Å². The van der Waals surface area contributed by atoms with Crippen LogP contribution in [-0.4, -0.2) is 45.7 Å². The maximum Gasteiger partial charge on any atom is 0.490 e. The number of nitrogens with zero attached hydrogens (tertiary/aromatic N) is 4. The van der Waals surface area contributed by atoms with Crippen LogP contribution in [-0.2, 0) is 15.8 Å². The van der Waals surface area contributed by atoms with Gasteiger partial charge in [-0.2, -0.15) is 31.3 Å². The lowest BCUT2D eigenvalue weighted by Gasteiger charge is -2.20. The summed E-state index contributed by atoms with van der Waals surface area (Å²) in [4.78, 5) is 44.8. The first kappa shape index (κ1) is 31.6. The smallest absolute Gasteiger partial charge is 0.475 e. The van der Waals surface area contributed by atoms with Gasteiger partial charge in [-0.15, -0.1) is 0 Å². The third-order valence-corrected chi connectivity index (χ3v) is 5.74. The molecule has 1 aliphatic rings. The van der Waals surface area contributed by atoms with Crippen LogP contribution in [0.5, 0.6) is 11.6 Å². The van der Waals surface area contributed by atoms with Crippen molar-refractivity contribution < 1.29 is 50.6 Å². The lowest BCUT2D eigenvalue weighted by molar-refractivity contribution is -0.192. The van der Waals surface area contributed by atoms with E-state index in [9.17, 15) is 35.9 Å². The number of aromatic nitrogens is 2. The van der Waals surface area contributed by atoms with Gasteiger partial charge in [0.15, 0.2) is 0 Å². The Balaban J connectivity index is 0.000000616. The summed E-state index contributed by atoms with van der Waals surface area (Å²) in [5.74, 6) is -2.49. The van der Waals surface area contributed by atoms with Crippen LogP contribution < -0.4 is 20.3 Å². The van der Waals surface area contributed by atoms with Gasteiger partial charge in [0, 0.05) is 17.4 Å². The Bertz CT molecular complexity index is 1510. The third kappa shape index (κ3) is 7.24. The summed E-state index contributed by atoms with van der Waals surface area (Å²) >= 11 is 0. The number of nitrogens with two attached hydrogens (primary N) is 1. The minimum atomic E-state index is -5.08. The summed E-state index contributed by atoms with van der Waals surface area (Å²) in [6, 6.07) is 8.30. The topological polar surface area (TPSA) is 139 Å². The van der Waals surface area contributed by atoms with E-state index in [1.54, 1.807) is 25.3 Å². The number of nitrogen functional groups attached to an aromatic ring is 1. The normalized spacial score (nSPS) is 13.8. The zero-order valence-electron chi connectivity index (χ0n) is 22.1. The number of aliphatic carboxylic acids is 1.